The molecule has 0 heterocycles. The van der Waals surface area contributed by atoms with E-state index in [2.05, 4.69) is 5.32 Å². The Hall–Kier alpha value is -1.65. The largest absolute Gasteiger partial charge is 0.497 e. The van der Waals surface area contributed by atoms with Crippen LogP contribution in [0.25, 0.3) is 0 Å². The summed E-state index contributed by atoms with van der Waals surface area (Å²) in [6.45, 7) is 3.10. The smallest absolute Gasteiger partial charge is 0.193 e. The Balaban J connectivity index is 3.27. The Morgan fingerprint density at radius 1 is 1.43 bits per heavy atom. The first-order valence-electron chi connectivity index (χ1n) is 6.20. The fourth-order valence-electron chi connectivity index (χ4n) is 1.51. The lowest BCUT2D eigenvalue weighted by molar-refractivity contribution is 0.415. The first kappa shape index (κ1) is 17.4. The molecule has 0 unspecified atom stereocenters. The van der Waals surface area contributed by atoms with Crippen LogP contribution in [0.3, 0.4) is 0 Å². The molecule has 0 saturated carbocycles. The Labute approximate surface area is 129 Å². The first-order valence-corrected chi connectivity index (χ1v) is 8.97. The minimum Gasteiger partial charge on any atom is -0.497 e. The van der Waals surface area contributed by atoms with Crippen molar-refractivity contribution < 1.29 is 13.2 Å². The molecule has 0 aliphatic carbocycles. The molecule has 0 aromatic heterocycles. The van der Waals surface area contributed by atoms with Gasteiger partial charge in [-0.3, -0.25) is 0 Å². The molecular weight excluding hydrogens is 308 g/mol. The van der Waals surface area contributed by atoms with Gasteiger partial charge in [0.15, 0.2) is 14.7 Å². The standard InChI is InChI=1S/C14H18N2O3S2/c1-10(2)21(17,18)13(9-15)14(20-4)16-11-6-5-7-12(8-11)19-3/h5-8,10,16H,1-4H3. The molecule has 0 spiro atoms. The second-order valence-electron chi connectivity index (χ2n) is 4.42. The maximum absolute atomic E-state index is 12.2. The van der Waals surface area contributed by atoms with Gasteiger partial charge in [0.25, 0.3) is 0 Å². The zero-order valence-corrected chi connectivity index (χ0v) is 14.0. The van der Waals surface area contributed by atoms with Crippen LogP contribution in [0.2, 0.25) is 0 Å². The first-order chi connectivity index (χ1) is 9.86. The zero-order valence-electron chi connectivity index (χ0n) is 12.4. The average molecular weight is 326 g/mol. The molecule has 0 atom stereocenters. The molecule has 1 aromatic rings. The number of sulfone groups is 1. The third kappa shape index (κ3) is 4.16. The van der Waals surface area contributed by atoms with E-state index in [-0.39, 0.29) is 4.91 Å². The van der Waals surface area contributed by atoms with Gasteiger partial charge in [-0.15, -0.1) is 11.8 Å². The number of allylic oxidation sites excluding steroid dienone is 1. The summed E-state index contributed by atoms with van der Waals surface area (Å²) < 4.78 is 29.5. The summed E-state index contributed by atoms with van der Waals surface area (Å²) in [6.07, 6.45) is 1.72. The van der Waals surface area contributed by atoms with E-state index in [0.29, 0.717) is 16.5 Å². The molecule has 7 heteroatoms. The van der Waals surface area contributed by atoms with Gasteiger partial charge in [0.05, 0.1) is 12.4 Å². The van der Waals surface area contributed by atoms with Crippen molar-refractivity contribution in [3.05, 3.63) is 34.2 Å². The molecule has 5 nitrogen and oxygen atoms in total. The van der Waals surface area contributed by atoms with Crippen LogP contribution in [0, 0.1) is 11.3 Å². The van der Waals surface area contributed by atoms with E-state index in [9.17, 15) is 13.7 Å². The SMILES string of the molecule is COc1cccc(NC(SC)=C(C#N)S(=O)(=O)C(C)C)c1. The highest BCUT2D eigenvalue weighted by Crippen LogP contribution is 2.27. The molecule has 0 radical (unpaired) electrons. The summed E-state index contributed by atoms with van der Waals surface area (Å²) in [5.74, 6) is 0.644. The third-order valence-corrected chi connectivity index (χ3v) is 5.69. The van der Waals surface area contributed by atoms with E-state index >= 15 is 0 Å². The number of hydrogen-bond donors (Lipinski definition) is 1. The van der Waals surface area contributed by atoms with Crippen LogP contribution in [-0.4, -0.2) is 27.0 Å². The monoisotopic (exact) mass is 326 g/mol. The molecule has 1 rings (SSSR count). The van der Waals surface area contributed by atoms with Crippen molar-refractivity contribution in [2.45, 2.75) is 19.1 Å². The van der Waals surface area contributed by atoms with Crippen molar-refractivity contribution in [3.63, 3.8) is 0 Å². The molecule has 0 bridgehead atoms. The van der Waals surface area contributed by atoms with Crippen LogP contribution in [-0.2, 0) is 9.84 Å². The van der Waals surface area contributed by atoms with Gasteiger partial charge in [0.2, 0.25) is 0 Å². The van der Waals surface area contributed by atoms with Crippen molar-refractivity contribution >= 4 is 27.3 Å². The summed E-state index contributed by atoms with van der Waals surface area (Å²) in [7, 11) is -2.08. The highest BCUT2D eigenvalue weighted by Gasteiger charge is 2.26. The number of nitrogens with one attached hydrogen (secondary N) is 1. The molecule has 0 aliphatic heterocycles. The highest BCUT2D eigenvalue weighted by molar-refractivity contribution is 8.04. The average Bonchev–Trinajstić information content (AvgIpc) is 2.46. The maximum Gasteiger partial charge on any atom is 0.193 e. The Bertz CT molecular complexity index is 674. The van der Waals surface area contributed by atoms with Gasteiger partial charge >= 0.3 is 0 Å². The van der Waals surface area contributed by atoms with Crippen LogP contribution >= 0.6 is 11.8 Å². The van der Waals surface area contributed by atoms with E-state index in [1.165, 1.54) is 11.8 Å². The lowest BCUT2D eigenvalue weighted by Crippen LogP contribution is -2.18. The van der Waals surface area contributed by atoms with Crippen molar-refractivity contribution in [2.75, 3.05) is 18.7 Å². The van der Waals surface area contributed by atoms with E-state index in [0.717, 1.165) is 0 Å². The molecule has 0 aliphatic rings. The summed E-state index contributed by atoms with van der Waals surface area (Å²) in [5.41, 5.74) is 0.658. The fourth-order valence-corrected chi connectivity index (χ4v) is 3.47. The van der Waals surface area contributed by atoms with Gasteiger partial charge in [-0.1, -0.05) is 6.07 Å². The molecule has 1 aromatic carbocycles. The Morgan fingerprint density at radius 3 is 2.57 bits per heavy atom. The van der Waals surface area contributed by atoms with E-state index in [1.807, 2.05) is 0 Å². The minimum absolute atomic E-state index is 0.243. The molecule has 21 heavy (non-hydrogen) atoms. The summed E-state index contributed by atoms with van der Waals surface area (Å²) >= 11 is 1.18. The predicted molar refractivity (Wildman–Crippen MR) is 86.8 cm³/mol. The number of thioether (sulfide) groups is 1. The number of anilines is 1. The molecule has 0 saturated heterocycles. The number of nitriles is 1. The second kappa shape index (κ2) is 7.38. The number of benzene rings is 1. The molecule has 0 amide bonds. The van der Waals surface area contributed by atoms with E-state index < -0.39 is 15.1 Å². The van der Waals surface area contributed by atoms with Gasteiger partial charge in [-0.05, 0) is 32.2 Å². The molecule has 0 fully saturated rings. The van der Waals surface area contributed by atoms with Gasteiger partial charge in [-0.2, -0.15) is 5.26 Å². The van der Waals surface area contributed by atoms with Gasteiger partial charge in [0.1, 0.15) is 16.8 Å². The summed E-state index contributed by atoms with van der Waals surface area (Å²) in [4.78, 5) is -0.243. The van der Waals surface area contributed by atoms with Crippen molar-refractivity contribution in [3.8, 4) is 11.8 Å². The lowest BCUT2D eigenvalue weighted by Gasteiger charge is -2.14. The number of ether oxygens (including phenoxy) is 1. The van der Waals surface area contributed by atoms with Crippen molar-refractivity contribution in [1.29, 1.82) is 5.26 Å². The summed E-state index contributed by atoms with van der Waals surface area (Å²) in [6, 6.07) is 8.86. The maximum atomic E-state index is 12.2. The predicted octanol–water partition coefficient (Wildman–Crippen LogP) is 2.99. The van der Waals surface area contributed by atoms with E-state index in [4.69, 9.17) is 4.74 Å². The van der Waals surface area contributed by atoms with Crippen LogP contribution in [0.1, 0.15) is 13.8 Å². The molecular formula is C14H18N2O3S2. The van der Waals surface area contributed by atoms with Crippen LogP contribution in [0.15, 0.2) is 34.2 Å². The van der Waals surface area contributed by atoms with Gasteiger partial charge in [0, 0.05) is 11.8 Å². The number of hydrogen-bond acceptors (Lipinski definition) is 6. The Kier molecular flexibility index (Phi) is 6.12. The van der Waals surface area contributed by atoms with Crippen LogP contribution in [0.5, 0.6) is 5.75 Å². The normalized spacial score (nSPS) is 12.6. The van der Waals surface area contributed by atoms with E-state index in [1.54, 1.807) is 57.5 Å². The summed E-state index contributed by atoms with van der Waals surface area (Å²) in [5, 5.41) is 11.9. The van der Waals surface area contributed by atoms with Gasteiger partial charge in [-0.25, -0.2) is 8.42 Å². The number of nitrogens with zero attached hydrogens (tertiary/aromatic N) is 1. The zero-order chi connectivity index (χ0) is 16.0. The third-order valence-electron chi connectivity index (χ3n) is 2.74. The topological polar surface area (TPSA) is 79.2 Å². The quantitative estimate of drug-likeness (QED) is 0.810. The molecule has 1 N–H and O–H groups in total. The minimum atomic E-state index is -3.63. The fraction of sp³-hybridized carbons (Fsp3) is 0.357. The molecule has 114 valence electrons. The lowest BCUT2D eigenvalue weighted by atomic mass is 10.3. The van der Waals surface area contributed by atoms with Gasteiger partial charge < -0.3 is 10.1 Å². The Morgan fingerprint density at radius 2 is 2.10 bits per heavy atom. The number of methoxy groups -OCH3 is 1. The van der Waals surface area contributed by atoms with Crippen LogP contribution in [0.4, 0.5) is 5.69 Å². The van der Waals surface area contributed by atoms with Crippen molar-refractivity contribution in [2.24, 2.45) is 0 Å². The highest BCUT2D eigenvalue weighted by atomic mass is 32.2. The second-order valence-corrected chi connectivity index (χ2v) is 7.68. The van der Waals surface area contributed by atoms with Crippen molar-refractivity contribution in [1.82, 2.24) is 0 Å². The number of rotatable bonds is 6. The van der Waals surface area contributed by atoms with Crippen LogP contribution < -0.4 is 10.1 Å².